The van der Waals surface area contributed by atoms with Crippen molar-refractivity contribution in [2.24, 2.45) is 5.92 Å². The van der Waals surface area contributed by atoms with Gasteiger partial charge in [0.15, 0.2) is 0 Å². The van der Waals surface area contributed by atoms with Crippen LogP contribution in [0.1, 0.15) is 30.7 Å². The van der Waals surface area contributed by atoms with Gasteiger partial charge in [-0.15, -0.1) is 11.3 Å². The van der Waals surface area contributed by atoms with Crippen molar-refractivity contribution in [1.29, 1.82) is 0 Å². The van der Waals surface area contributed by atoms with Gasteiger partial charge in [0.2, 0.25) is 0 Å². The second-order valence-corrected chi connectivity index (χ2v) is 8.72. The number of rotatable bonds is 4. The van der Waals surface area contributed by atoms with Gasteiger partial charge in [0.25, 0.3) is 0 Å². The molecule has 29 heavy (non-hydrogen) atoms. The maximum absolute atomic E-state index is 14.0. The predicted molar refractivity (Wildman–Crippen MR) is 113 cm³/mol. The highest BCUT2D eigenvalue weighted by atomic mass is 32.1. The molecule has 1 aliphatic rings. The standard InChI is InChI=1S/C23H21FN2O2S/c24-17-6-3-5-16-20(10-11-25-23(16)17)28-15-8-9-18-21(13-15)29-22(26-18)12-14-4-1-2-7-19(14)27/h3,5-6,8-11,13-14,19,27H,1-2,4,7,12H2/t14-,19+/m0/s1. The van der Waals surface area contributed by atoms with Gasteiger partial charge in [-0.1, -0.05) is 18.9 Å². The van der Waals surface area contributed by atoms with Crippen molar-refractivity contribution in [2.45, 2.75) is 38.2 Å². The zero-order valence-electron chi connectivity index (χ0n) is 15.8. The number of aliphatic hydroxyl groups excluding tert-OH is 1. The fourth-order valence-corrected chi connectivity index (χ4v) is 5.17. The van der Waals surface area contributed by atoms with E-state index in [1.807, 2.05) is 18.2 Å². The number of hydrogen-bond acceptors (Lipinski definition) is 5. The summed E-state index contributed by atoms with van der Waals surface area (Å²) < 4.78 is 21.1. The molecule has 0 unspecified atom stereocenters. The molecule has 0 bridgehead atoms. The lowest BCUT2D eigenvalue weighted by Gasteiger charge is -2.26. The molecular formula is C23H21FN2O2S. The number of nitrogens with zero attached hydrogens (tertiary/aromatic N) is 2. The van der Waals surface area contributed by atoms with E-state index in [9.17, 15) is 9.50 Å². The summed E-state index contributed by atoms with van der Waals surface area (Å²) in [6.07, 6.45) is 6.43. The Bertz CT molecular complexity index is 1180. The van der Waals surface area contributed by atoms with Crippen LogP contribution in [0.5, 0.6) is 11.5 Å². The van der Waals surface area contributed by atoms with E-state index in [2.05, 4.69) is 4.98 Å². The maximum Gasteiger partial charge on any atom is 0.149 e. The number of pyridine rings is 1. The highest BCUT2D eigenvalue weighted by Gasteiger charge is 2.24. The van der Waals surface area contributed by atoms with Crippen LogP contribution < -0.4 is 4.74 Å². The molecular weight excluding hydrogens is 387 g/mol. The van der Waals surface area contributed by atoms with Crippen LogP contribution in [-0.4, -0.2) is 21.2 Å². The molecule has 2 aromatic heterocycles. The van der Waals surface area contributed by atoms with Crippen molar-refractivity contribution in [3.63, 3.8) is 0 Å². The Labute approximate surface area is 172 Å². The lowest BCUT2D eigenvalue weighted by Crippen LogP contribution is -2.26. The van der Waals surface area contributed by atoms with Gasteiger partial charge < -0.3 is 9.84 Å². The number of aromatic nitrogens is 2. The molecule has 1 saturated carbocycles. The molecule has 5 rings (SSSR count). The summed E-state index contributed by atoms with van der Waals surface area (Å²) in [6, 6.07) is 12.4. The van der Waals surface area contributed by atoms with Crippen LogP contribution in [0.4, 0.5) is 4.39 Å². The van der Waals surface area contributed by atoms with Gasteiger partial charge in [-0.3, -0.25) is 4.98 Å². The highest BCUT2D eigenvalue weighted by Crippen LogP contribution is 2.34. The summed E-state index contributed by atoms with van der Waals surface area (Å²) in [7, 11) is 0. The van der Waals surface area contributed by atoms with Crippen molar-refractivity contribution >= 4 is 32.5 Å². The molecule has 2 heterocycles. The summed E-state index contributed by atoms with van der Waals surface area (Å²) in [6.45, 7) is 0. The van der Waals surface area contributed by atoms with E-state index in [4.69, 9.17) is 9.72 Å². The van der Waals surface area contributed by atoms with E-state index in [1.54, 1.807) is 35.7 Å². The van der Waals surface area contributed by atoms with Gasteiger partial charge in [0.05, 0.1) is 21.3 Å². The molecule has 2 aromatic carbocycles. The third-order valence-electron chi connectivity index (χ3n) is 5.62. The van der Waals surface area contributed by atoms with Crippen molar-refractivity contribution in [2.75, 3.05) is 0 Å². The Balaban J connectivity index is 1.41. The van der Waals surface area contributed by atoms with E-state index in [1.165, 1.54) is 12.5 Å². The van der Waals surface area contributed by atoms with Gasteiger partial charge in [-0.2, -0.15) is 0 Å². The van der Waals surface area contributed by atoms with Gasteiger partial charge >= 0.3 is 0 Å². The van der Waals surface area contributed by atoms with Gasteiger partial charge in [-0.05, 0) is 49.1 Å². The molecule has 1 fully saturated rings. The van der Waals surface area contributed by atoms with Crippen molar-refractivity contribution < 1.29 is 14.2 Å². The van der Waals surface area contributed by atoms with Crippen LogP contribution in [0.2, 0.25) is 0 Å². The molecule has 1 N–H and O–H groups in total. The zero-order chi connectivity index (χ0) is 19.8. The lowest BCUT2D eigenvalue weighted by molar-refractivity contribution is 0.0700. The molecule has 6 heteroatoms. The van der Waals surface area contributed by atoms with E-state index < -0.39 is 0 Å². The summed E-state index contributed by atoms with van der Waals surface area (Å²) in [5.41, 5.74) is 1.24. The number of para-hydroxylation sites is 1. The molecule has 2 atom stereocenters. The average Bonchev–Trinajstić information content (AvgIpc) is 3.12. The molecule has 1 aliphatic carbocycles. The van der Waals surface area contributed by atoms with Crippen LogP contribution in [0.3, 0.4) is 0 Å². The monoisotopic (exact) mass is 408 g/mol. The molecule has 4 aromatic rings. The van der Waals surface area contributed by atoms with Crippen LogP contribution in [-0.2, 0) is 6.42 Å². The molecule has 0 saturated heterocycles. The van der Waals surface area contributed by atoms with Crippen LogP contribution in [0, 0.1) is 11.7 Å². The summed E-state index contributed by atoms with van der Waals surface area (Å²) in [5.74, 6) is 1.20. The van der Waals surface area contributed by atoms with Crippen LogP contribution >= 0.6 is 11.3 Å². The number of ether oxygens (including phenoxy) is 1. The first-order valence-electron chi connectivity index (χ1n) is 9.96. The van der Waals surface area contributed by atoms with Gasteiger partial charge in [0.1, 0.15) is 22.8 Å². The minimum absolute atomic E-state index is 0.213. The van der Waals surface area contributed by atoms with Crippen molar-refractivity contribution in [3.8, 4) is 11.5 Å². The molecule has 4 nitrogen and oxygen atoms in total. The quantitative estimate of drug-likeness (QED) is 0.459. The fourth-order valence-electron chi connectivity index (χ4n) is 4.08. The second kappa shape index (κ2) is 7.69. The topological polar surface area (TPSA) is 55.2 Å². The number of benzene rings is 2. The minimum atomic E-state index is -0.361. The number of hydrogen-bond donors (Lipinski definition) is 1. The SMILES string of the molecule is O[C@@H]1CCCC[C@H]1Cc1nc2ccc(Oc3ccnc4c(F)cccc34)cc2s1. The minimum Gasteiger partial charge on any atom is -0.457 e. The predicted octanol–water partition coefficient (Wildman–Crippen LogP) is 5.87. The Morgan fingerprint density at radius 2 is 2.03 bits per heavy atom. The zero-order valence-corrected chi connectivity index (χ0v) is 16.7. The molecule has 0 spiro atoms. The molecule has 0 amide bonds. The summed E-state index contributed by atoms with van der Waals surface area (Å²) in [4.78, 5) is 8.86. The molecule has 0 aliphatic heterocycles. The lowest BCUT2D eigenvalue weighted by atomic mass is 9.84. The second-order valence-electron chi connectivity index (χ2n) is 7.60. The third kappa shape index (κ3) is 3.70. The Morgan fingerprint density at radius 3 is 2.93 bits per heavy atom. The Kier molecular flexibility index (Phi) is 4.89. The van der Waals surface area contributed by atoms with Crippen molar-refractivity contribution in [1.82, 2.24) is 9.97 Å². The maximum atomic E-state index is 14.0. The molecule has 148 valence electrons. The number of aliphatic hydroxyl groups is 1. The van der Waals surface area contributed by atoms with E-state index >= 15 is 0 Å². The average molecular weight is 408 g/mol. The van der Waals surface area contributed by atoms with Gasteiger partial charge in [0, 0.05) is 24.1 Å². The first-order valence-corrected chi connectivity index (χ1v) is 10.8. The Hall–Kier alpha value is -2.57. The molecule has 0 radical (unpaired) electrons. The normalized spacial score (nSPS) is 19.7. The Morgan fingerprint density at radius 1 is 1.14 bits per heavy atom. The number of halogens is 1. The summed E-state index contributed by atoms with van der Waals surface area (Å²) >= 11 is 1.65. The van der Waals surface area contributed by atoms with Gasteiger partial charge in [-0.25, -0.2) is 9.37 Å². The third-order valence-corrected chi connectivity index (χ3v) is 6.66. The first-order chi connectivity index (χ1) is 14.2. The summed E-state index contributed by atoms with van der Waals surface area (Å²) in [5, 5.41) is 11.9. The van der Waals surface area contributed by atoms with E-state index in [0.29, 0.717) is 28.3 Å². The van der Waals surface area contributed by atoms with Crippen molar-refractivity contribution in [3.05, 3.63) is 59.5 Å². The first kappa shape index (κ1) is 18.5. The van der Waals surface area contributed by atoms with E-state index in [-0.39, 0.29) is 11.9 Å². The van der Waals surface area contributed by atoms with Crippen LogP contribution in [0.25, 0.3) is 21.1 Å². The smallest absolute Gasteiger partial charge is 0.149 e. The largest absolute Gasteiger partial charge is 0.457 e. The fraction of sp³-hybridized carbons (Fsp3) is 0.304. The number of fused-ring (bicyclic) bond motifs is 2. The van der Waals surface area contributed by atoms with Crippen LogP contribution in [0.15, 0.2) is 48.7 Å². The number of thiazole rings is 1. The van der Waals surface area contributed by atoms with E-state index in [0.717, 1.165) is 40.9 Å². The highest BCUT2D eigenvalue weighted by molar-refractivity contribution is 7.18.